The van der Waals surface area contributed by atoms with Crippen molar-refractivity contribution in [2.24, 2.45) is 40.4 Å². The number of rotatable bonds is 4. The molecular weight excluding hydrogens is 358 g/mol. The number of hydrogen-bond donors (Lipinski definition) is 2. The lowest BCUT2D eigenvalue weighted by atomic mass is 9.47. The average molecular weight is 396 g/mol. The largest absolute Gasteiger partial charge is 0.294 e. The highest BCUT2D eigenvalue weighted by atomic mass is 32.2. The molecule has 2 N–H and O–H groups in total. The lowest BCUT2D eigenvalue weighted by Crippen LogP contribution is -2.50. The van der Waals surface area contributed by atoms with Gasteiger partial charge in [-0.3, -0.25) is 14.6 Å². The van der Waals surface area contributed by atoms with Crippen molar-refractivity contribution in [1.82, 2.24) is 4.63 Å². The molecular formula is C22H37NO3S. The van der Waals surface area contributed by atoms with Gasteiger partial charge in [-0.25, -0.2) is 0 Å². The van der Waals surface area contributed by atoms with Crippen LogP contribution in [0, 0.1) is 40.4 Å². The normalized spacial score (nSPS) is 46.8. The SMILES string of the molecule is CC(C)C1CCC2C3CC=C4CC(OSN(O)O)CCC4(C)C3CCC12C. The van der Waals surface area contributed by atoms with Gasteiger partial charge >= 0.3 is 0 Å². The van der Waals surface area contributed by atoms with Gasteiger partial charge in [0.25, 0.3) is 0 Å². The minimum atomic E-state index is 0.0618. The molecule has 0 aromatic carbocycles. The smallest absolute Gasteiger partial charge is 0.139 e. The summed E-state index contributed by atoms with van der Waals surface area (Å²) in [6.45, 7) is 10.00. The summed E-state index contributed by atoms with van der Waals surface area (Å²) < 4.78 is 5.66. The fraction of sp³-hybridized carbons (Fsp3) is 0.909. The zero-order valence-corrected chi connectivity index (χ0v) is 18.2. The second-order valence-corrected chi connectivity index (χ2v) is 11.2. The predicted molar refractivity (Wildman–Crippen MR) is 108 cm³/mol. The summed E-state index contributed by atoms with van der Waals surface area (Å²) in [5.74, 6) is 4.30. The van der Waals surface area contributed by atoms with Crippen LogP contribution in [0.4, 0.5) is 0 Å². The van der Waals surface area contributed by atoms with Crippen LogP contribution in [-0.4, -0.2) is 21.2 Å². The number of hydrogen-bond acceptors (Lipinski definition) is 5. The standard InChI is InChI=1S/C22H37NO3S/c1-14(2)18-7-8-19-17-6-5-15-13-16(26-27-23(24)25)9-11-21(15,3)20(17)10-12-22(18,19)4/h5,14,16-20,24-25H,6-13H2,1-4H3. The third kappa shape index (κ3) is 3.31. The predicted octanol–water partition coefficient (Wildman–Crippen LogP) is 6.25. The Morgan fingerprint density at radius 2 is 1.89 bits per heavy atom. The summed E-state index contributed by atoms with van der Waals surface area (Å²) in [5, 5.41) is 17.8. The third-order valence-corrected chi connectivity index (χ3v) is 9.67. The second kappa shape index (κ2) is 7.32. The first-order valence-corrected chi connectivity index (χ1v) is 11.7. The highest BCUT2D eigenvalue weighted by Gasteiger charge is 2.58. The molecule has 0 aliphatic heterocycles. The number of nitrogens with zero attached hydrogens (tertiary/aromatic N) is 1. The first-order valence-electron chi connectivity index (χ1n) is 11.0. The van der Waals surface area contributed by atoms with Gasteiger partial charge in [0.2, 0.25) is 0 Å². The van der Waals surface area contributed by atoms with Gasteiger partial charge in [0, 0.05) is 4.63 Å². The molecule has 3 fully saturated rings. The molecule has 4 aliphatic carbocycles. The Balaban J connectivity index is 1.52. The lowest BCUT2D eigenvalue weighted by Gasteiger charge is -2.58. The van der Waals surface area contributed by atoms with E-state index in [-0.39, 0.29) is 10.7 Å². The fourth-order valence-electron chi connectivity index (χ4n) is 7.94. The van der Waals surface area contributed by atoms with Crippen LogP contribution in [0.2, 0.25) is 0 Å². The molecule has 5 heteroatoms. The maximum atomic E-state index is 8.90. The molecule has 0 amide bonds. The van der Waals surface area contributed by atoms with E-state index in [2.05, 4.69) is 33.8 Å². The zero-order valence-electron chi connectivity index (χ0n) is 17.4. The monoisotopic (exact) mass is 395 g/mol. The molecule has 4 aliphatic rings. The molecule has 154 valence electrons. The minimum Gasteiger partial charge on any atom is -0.294 e. The Kier molecular flexibility index (Phi) is 5.48. The summed E-state index contributed by atoms with van der Waals surface area (Å²) in [6.07, 6.45) is 12.6. The Labute approximate surface area is 169 Å². The van der Waals surface area contributed by atoms with Gasteiger partial charge in [-0.2, -0.15) is 0 Å². The van der Waals surface area contributed by atoms with Gasteiger partial charge in [0.1, 0.15) is 12.2 Å². The van der Waals surface area contributed by atoms with E-state index in [1.807, 2.05) is 0 Å². The first-order chi connectivity index (χ1) is 12.8. The summed E-state index contributed by atoms with van der Waals surface area (Å²) in [4.78, 5) is 0. The molecule has 0 heterocycles. The fourth-order valence-corrected chi connectivity index (χ4v) is 8.31. The lowest BCUT2D eigenvalue weighted by molar-refractivity contribution is -0.222. The van der Waals surface area contributed by atoms with E-state index in [1.54, 1.807) is 5.57 Å². The van der Waals surface area contributed by atoms with Crippen molar-refractivity contribution in [2.45, 2.75) is 85.2 Å². The van der Waals surface area contributed by atoms with Crippen molar-refractivity contribution < 1.29 is 14.6 Å². The highest BCUT2D eigenvalue weighted by Crippen LogP contribution is 2.67. The maximum Gasteiger partial charge on any atom is 0.139 e. The number of fused-ring (bicyclic) bond motifs is 5. The van der Waals surface area contributed by atoms with Gasteiger partial charge in [0.15, 0.2) is 0 Å². The van der Waals surface area contributed by atoms with E-state index in [0.717, 1.165) is 42.4 Å². The van der Waals surface area contributed by atoms with Gasteiger partial charge in [-0.1, -0.05) is 39.3 Å². The second-order valence-electron chi connectivity index (χ2n) is 10.5. The van der Waals surface area contributed by atoms with Gasteiger partial charge in [-0.05, 0) is 91.8 Å². The van der Waals surface area contributed by atoms with Crippen molar-refractivity contribution in [3.05, 3.63) is 11.6 Å². The highest BCUT2D eigenvalue weighted by molar-refractivity contribution is 7.91. The maximum absolute atomic E-state index is 8.90. The van der Waals surface area contributed by atoms with Crippen LogP contribution in [0.5, 0.6) is 0 Å². The van der Waals surface area contributed by atoms with Crippen LogP contribution < -0.4 is 0 Å². The van der Waals surface area contributed by atoms with Crippen molar-refractivity contribution >= 4 is 12.2 Å². The van der Waals surface area contributed by atoms with Crippen LogP contribution in [0.15, 0.2) is 11.6 Å². The van der Waals surface area contributed by atoms with E-state index in [4.69, 9.17) is 14.6 Å². The summed E-state index contributed by atoms with van der Waals surface area (Å²) in [7, 11) is 0. The molecule has 0 aromatic rings. The van der Waals surface area contributed by atoms with E-state index < -0.39 is 0 Å². The molecule has 4 nitrogen and oxygen atoms in total. The molecule has 3 saturated carbocycles. The van der Waals surface area contributed by atoms with Gasteiger partial charge in [-0.15, -0.1) is 0 Å². The quantitative estimate of drug-likeness (QED) is 0.255. The van der Waals surface area contributed by atoms with E-state index in [9.17, 15) is 0 Å². The van der Waals surface area contributed by atoms with Crippen molar-refractivity contribution in [3.8, 4) is 0 Å². The summed E-state index contributed by atoms with van der Waals surface area (Å²) in [5.41, 5.74) is 2.45. The van der Waals surface area contributed by atoms with Crippen LogP contribution >= 0.6 is 12.2 Å². The minimum absolute atomic E-state index is 0.0618. The Hall–Kier alpha value is -0.0700. The third-order valence-electron chi connectivity index (χ3n) is 9.18. The number of allylic oxidation sites excluding steroid dienone is 1. The molecule has 0 bridgehead atoms. The van der Waals surface area contributed by atoms with Crippen molar-refractivity contribution in [2.75, 3.05) is 0 Å². The first kappa shape index (κ1) is 20.2. The Morgan fingerprint density at radius 3 is 2.59 bits per heavy atom. The van der Waals surface area contributed by atoms with E-state index >= 15 is 0 Å². The molecule has 0 radical (unpaired) electrons. The van der Waals surface area contributed by atoms with E-state index in [1.165, 1.54) is 38.5 Å². The van der Waals surface area contributed by atoms with Crippen LogP contribution in [0.1, 0.15) is 79.1 Å². The van der Waals surface area contributed by atoms with Gasteiger partial charge < -0.3 is 0 Å². The van der Waals surface area contributed by atoms with Crippen LogP contribution in [-0.2, 0) is 4.18 Å². The molecule has 0 saturated heterocycles. The Morgan fingerprint density at radius 1 is 1.11 bits per heavy atom. The van der Waals surface area contributed by atoms with Crippen LogP contribution in [0.25, 0.3) is 0 Å². The van der Waals surface area contributed by atoms with Gasteiger partial charge in [0.05, 0.1) is 6.10 Å². The average Bonchev–Trinajstić information content (AvgIpc) is 2.97. The summed E-state index contributed by atoms with van der Waals surface area (Å²) >= 11 is 0.631. The van der Waals surface area contributed by atoms with Crippen molar-refractivity contribution in [1.29, 1.82) is 0 Å². The topological polar surface area (TPSA) is 52.9 Å². The molecule has 0 aromatic heterocycles. The molecule has 4 rings (SSSR count). The summed E-state index contributed by atoms with van der Waals surface area (Å²) in [6, 6.07) is 0. The van der Waals surface area contributed by atoms with Crippen LogP contribution in [0.3, 0.4) is 0 Å². The molecule has 27 heavy (non-hydrogen) atoms. The molecule has 7 unspecified atom stereocenters. The Bertz CT molecular complexity index is 594. The zero-order chi connectivity index (χ0) is 19.4. The molecule has 7 atom stereocenters. The molecule has 0 spiro atoms. The van der Waals surface area contributed by atoms with E-state index in [0.29, 0.717) is 23.1 Å². The van der Waals surface area contributed by atoms with Crippen molar-refractivity contribution in [3.63, 3.8) is 0 Å².